The van der Waals surface area contributed by atoms with E-state index in [1.54, 1.807) is 0 Å². The summed E-state index contributed by atoms with van der Waals surface area (Å²) in [6, 6.07) is 0. The van der Waals surface area contributed by atoms with Gasteiger partial charge >= 0.3 is 0 Å². The Morgan fingerprint density at radius 2 is 2.40 bits per heavy atom. The van der Waals surface area contributed by atoms with Crippen molar-refractivity contribution in [3.8, 4) is 0 Å². The molecule has 0 aliphatic heterocycles. The van der Waals surface area contributed by atoms with Crippen LogP contribution in [0.4, 0.5) is 0 Å². The molecule has 0 aromatic carbocycles. The van der Waals surface area contributed by atoms with Crippen molar-refractivity contribution in [1.29, 1.82) is 0 Å². The first-order chi connectivity index (χ1) is 4.91. The zero-order chi connectivity index (χ0) is 7.66. The van der Waals surface area contributed by atoms with E-state index in [1.807, 2.05) is 0 Å². The lowest BCUT2D eigenvalue weighted by atomic mass is 10.7. The molecule has 0 aliphatic rings. The largest absolute Gasteiger partial charge is 0.376 e. The SMILES string of the molecule is [N-]=[N+]=NNCCOCCN. The molecule has 3 N–H and O–H groups in total. The van der Waals surface area contributed by atoms with E-state index >= 15 is 0 Å². The Kier molecular flexibility index (Phi) is 7.25. The number of ether oxygens (including phenoxy) is 1. The van der Waals surface area contributed by atoms with Gasteiger partial charge in [0.1, 0.15) is 6.54 Å². The summed E-state index contributed by atoms with van der Waals surface area (Å²) in [5.41, 5.74) is 15.4. The highest BCUT2D eigenvalue weighted by atomic mass is 16.5. The van der Waals surface area contributed by atoms with E-state index < -0.39 is 0 Å². The lowest BCUT2D eigenvalue weighted by Crippen LogP contribution is -2.16. The van der Waals surface area contributed by atoms with Gasteiger partial charge in [-0.15, -0.1) is 5.53 Å². The van der Waals surface area contributed by atoms with Crippen molar-refractivity contribution in [2.45, 2.75) is 0 Å². The van der Waals surface area contributed by atoms with Gasteiger partial charge in [-0.05, 0) is 5.22 Å². The van der Waals surface area contributed by atoms with Crippen molar-refractivity contribution in [3.05, 3.63) is 10.4 Å². The van der Waals surface area contributed by atoms with Crippen molar-refractivity contribution in [3.63, 3.8) is 0 Å². The molecule has 0 aliphatic carbocycles. The minimum atomic E-state index is 0.510. The van der Waals surface area contributed by atoms with Gasteiger partial charge in [0.05, 0.1) is 13.2 Å². The highest BCUT2D eigenvalue weighted by molar-refractivity contribution is 4.40. The van der Waals surface area contributed by atoms with Gasteiger partial charge < -0.3 is 10.5 Å². The quantitative estimate of drug-likeness (QED) is 0.178. The molecule has 0 atom stereocenters. The molecule has 0 fully saturated rings. The Morgan fingerprint density at radius 3 is 3.00 bits per heavy atom. The number of nitrogens with one attached hydrogen (secondary N) is 1. The molecule has 0 saturated carbocycles. The van der Waals surface area contributed by atoms with E-state index in [0.717, 1.165) is 0 Å². The van der Waals surface area contributed by atoms with Gasteiger partial charge in [-0.2, -0.15) is 4.91 Å². The number of hydrogen-bond donors (Lipinski definition) is 2. The second-order valence-corrected chi connectivity index (χ2v) is 1.50. The number of azide groups is 1. The molecule has 6 heteroatoms. The third kappa shape index (κ3) is 7.03. The fourth-order valence-electron chi connectivity index (χ4n) is 0.385. The molecule has 0 radical (unpaired) electrons. The summed E-state index contributed by atoms with van der Waals surface area (Å²) in [7, 11) is 0. The van der Waals surface area contributed by atoms with Gasteiger partial charge in [0.25, 0.3) is 0 Å². The van der Waals surface area contributed by atoms with Gasteiger partial charge in [0.15, 0.2) is 0 Å². The summed E-state index contributed by atoms with van der Waals surface area (Å²) < 4.78 is 4.96. The Bertz CT molecular complexity index is 110. The smallest absolute Gasteiger partial charge is 0.109 e. The molecule has 58 valence electrons. The van der Waals surface area contributed by atoms with Crippen molar-refractivity contribution in [1.82, 2.24) is 5.43 Å². The fourth-order valence-corrected chi connectivity index (χ4v) is 0.385. The molecule has 0 aromatic heterocycles. The van der Waals surface area contributed by atoms with Gasteiger partial charge in [-0.1, -0.05) is 0 Å². The predicted molar refractivity (Wildman–Crippen MR) is 37.0 cm³/mol. The van der Waals surface area contributed by atoms with Crippen LogP contribution in [0.15, 0.2) is 5.22 Å². The highest BCUT2D eigenvalue weighted by Crippen LogP contribution is 1.69. The van der Waals surface area contributed by atoms with Gasteiger partial charge in [0, 0.05) is 6.54 Å². The van der Waals surface area contributed by atoms with E-state index in [-0.39, 0.29) is 0 Å². The average Bonchev–Trinajstić information content (AvgIpc) is 1.97. The first-order valence-corrected chi connectivity index (χ1v) is 2.96. The average molecular weight is 145 g/mol. The lowest BCUT2D eigenvalue weighted by Gasteiger charge is -1.97. The second-order valence-electron chi connectivity index (χ2n) is 1.50. The molecule has 0 aromatic rings. The van der Waals surface area contributed by atoms with Crippen LogP contribution < -0.4 is 11.2 Å². The van der Waals surface area contributed by atoms with Gasteiger partial charge in [-0.3, -0.25) is 5.43 Å². The summed E-state index contributed by atoms with van der Waals surface area (Å²) >= 11 is 0. The standard InChI is InChI=1S/C4H11N5O/c5-1-3-10-4-2-7-9-8-6/h7H,1-5H2. The molecule has 0 heterocycles. The first kappa shape index (κ1) is 9.03. The molecule has 0 bridgehead atoms. The summed E-state index contributed by atoms with van der Waals surface area (Å²) in [4.78, 5) is 2.49. The van der Waals surface area contributed by atoms with Gasteiger partial charge in [-0.25, -0.2) is 0 Å². The maximum atomic E-state index is 7.80. The number of rotatable bonds is 6. The minimum Gasteiger partial charge on any atom is -0.376 e. The molecule has 0 unspecified atom stereocenters. The highest BCUT2D eigenvalue weighted by Gasteiger charge is 1.84. The van der Waals surface area contributed by atoms with Crippen LogP contribution in [0.3, 0.4) is 0 Å². The molecule has 0 amide bonds. The van der Waals surface area contributed by atoms with Gasteiger partial charge in [0.2, 0.25) is 0 Å². The predicted octanol–water partition coefficient (Wildman–Crippen LogP) is -0.223. The first-order valence-electron chi connectivity index (χ1n) is 2.96. The molecule has 6 nitrogen and oxygen atoms in total. The van der Waals surface area contributed by atoms with Crippen LogP contribution in [-0.2, 0) is 4.74 Å². The van der Waals surface area contributed by atoms with E-state index in [4.69, 9.17) is 16.0 Å². The monoisotopic (exact) mass is 145 g/mol. The van der Waals surface area contributed by atoms with Crippen LogP contribution in [0.2, 0.25) is 0 Å². The van der Waals surface area contributed by atoms with Crippen LogP contribution in [0, 0.1) is 0 Å². The maximum Gasteiger partial charge on any atom is 0.109 e. The molecule has 0 rings (SSSR count). The third-order valence-corrected chi connectivity index (χ3v) is 0.736. The maximum absolute atomic E-state index is 7.80. The van der Waals surface area contributed by atoms with Crippen molar-refractivity contribution in [2.75, 3.05) is 26.3 Å². The van der Waals surface area contributed by atoms with E-state index in [9.17, 15) is 0 Å². The zero-order valence-corrected chi connectivity index (χ0v) is 5.66. The van der Waals surface area contributed by atoms with E-state index in [1.165, 1.54) is 0 Å². The Morgan fingerprint density at radius 1 is 1.60 bits per heavy atom. The van der Waals surface area contributed by atoms with E-state index in [2.05, 4.69) is 15.6 Å². The molecular formula is C4H11N5O. The van der Waals surface area contributed by atoms with Crippen LogP contribution in [0.5, 0.6) is 0 Å². The number of hydrogen-bond acceptors (Lipinski definition) is 3. The third-order valence-electron chi connectivity index (χ3n) is 0.736. The number of nitrogens with zero attached hydrogens (tertiary/aromatic N) is 3. The minimum absolute atomic E-state index is 0.510. The van der Waals surface area contributed by atoms with Crippen LogP contribution >= 0.6 is 0 Å². The summed E-state index contributed by atoms with van der Waals surface area (Å²) in [6.07, 6.45) is 0. The fraction of sp³-hybridized carbons (Fsp3) is 1.00. The van der Waals surface area contributed by atoms with Crippen molar-refractivity contribution < 1.29 is 4.74 Å². The van der Waals surface area contributed by atoms with Crippen molar-refractivity contribution >= 4 is 0 Å². The summed E-state index contributed by atoms with van der Waals surface area (Å²) in [5, 5.41) is 3.09. The Balaban J connectivity index is 2.83. The van der Waals surface area contributed by atoms with E-state index in [0.29, 0.717) is 26.3 Å². The van der Waals surface area contributed by atoms with Crippen LogP contribution in [0.1, 0.15) is 0 Å². The molecule has 10 heavy (non-hydrogen) atoms. The lowest BCUT2D eigenvalue weighted by molar-refractivity contribution is 0.143. The molecular weight excluding hydrogens is 134 g/mol. The molecule has 0 spiro atoms. The van der Waals surface area contributed by atoms with Crippen molar-refractivity contribution in [2.24, 2.45) is 11.0 Å². The van der Waals surface area contributed by atoms with Crippen LogP contribution in [-0.4, -0.2) is 26.3 Å². The normalized spacial score (nSPS) is 8.50. The summed E-state index contributed by atoms with van der Waals surface area (Å²) in [6.45, 7) is 2.08. The topological polar surface area (TPSA) is 96.0 Å². The number of nitrogens with two attached hydrogens (primary N) is 1. The Hall–Kier alpha value is -0.970. The summed E-state index contributed by atoms with van der Waals surface area (Å²) in [5.74, 6) is 0. The second kappa shape index (κ2) is 8.03. The Labute approximate surface area is 58.9 Å². The van der Waals surface area contributed by atoms with Crippen LogP contribution in [0.25, 0.3) is 10.4 Å². The molecule has 0 saturated heterocycles. The zero-order valence-electron chi connectivity index (χ0n) is 5.66.